The summed E-state index contributed by atoms with van der Waals surface area (Å²) in [5.41, 5.74) is 3.53. The summed E-state index contributed by atoms with van der Waals surface area (Å²) < 4.78 is 0. The van der Waals surface area contributed by atoms with Crippen molar-refractivity contribution in [2.24, 2.45) is 0 Å². The van der Waals surface area contributed by atoms with Crippen LogP contribution in [0.5, 0.6) is 0 Å². The molecule has 0 spiro atoms. The van der Waals surface area contributed by atoms with Crippen LogP contribution in [-0.2, 0) is 5.41 Å². The molecule has 2 aromatic heterocycles. The lowest BCUT2D eigenvalue weighted by Gasteiger charge is -2.18. The maximum atomic E-state index is 4.57. The third-order valence-electron chi connectivity index (χ3n) is 2.98. The Balaban J connectivity index is 2.13. The number of nitrogens with zero attached hydrogens (tertiary/aromatic N) is 2. The number of hydrogen-bond donors (Lipinski definition) is 1. The first-order chi connectivity index (χ1) is 8.54. The zero-order valence-corrected chi connectivity index (χ0v) is 11.5. The summed E-state index contributed by atoms with van der Waals surface area (Å²) in [6, 6.07) is 6.40. The Morgan fingerprint density at radius 3 is 2.72 bits per heavy atom. The van der Waals surface area contributed by atoms with Crippen LogP contribution in [-0.4, -0.2) is 15.0 Å². The second-order valence-corrected chi connectivity index (χ2v) is 6.30. The van der Waals surface area contributed by atoms with Crippen molar-refractivity contribution in [2.45, 2.75) is 26.2 Å². The van der Waals surface area contributed by atoms with Gasteiger partial charge in [0.15, 0.2) is 10.8 Å². The molecule has 0 amide bonds. The Hall–Kier alpha value is -1.68. The molecule has 0 aliphatic carbocycles. The fraction of sp³-hybridized carbons (Fsp3) is 0.286. The van der Waals surface area contributed by atoms with Gasteiger partial charge in [0.05, 0.1) is 11.0 Å². The Morgan fingerprint density at radius 1 is 1.22 bits per heavy atom. The zero-order valence-electron chi connectivity index (χ0n) is 10.7. The molecule has 0 fully saturated rings. The minimum absolute atomic E-state index is 0.153. The van der Waals surface area contributed by atoms with Crippen molar-refractivity contribution in [3.05, 3.63) is 35.3 Å². The Morgan fingerprint density at radius 2 is 2.06 bits per heavy atom. The highest BCUT2D eigenvalue weighted by Crippen LogP contribution is 2.27. The highest BCUT2D eigenvalue weighted by molar-refractivity contribution is 7.13. The lowest BCUT2D eigenvalue weighted by Crippen LogP contribution is -2.10. The normalized spacial score (nSPS) is 12.2. The number of benzene rings is 1. The second-order valence-electron chi connectivity index (χ2n) is 5.40. The van der Waals surface area contributed by atoms with Crippen molar-refractivity contribution in [3.63, 3.8) is 0 Å². The van der Waals surface area contributed by atoms with Gasteiger partial charge in [0, 0.05) is 11.6 Å². The molecule has 3 nitrogen and oxygen atoms in total. The molecule has 0 bridgehead atoms. The minimum atomic E-state index is 0.153. The average Bonchev–Trinajstić information content (AvgIpc) is 2.95. The minimum Gasteiger partial charge on any atom is -0.336 e. The van der Waals surface area contributed by atoms with Gasteiger partial charge in [-0.1, -0.05) is 26.8 Å². The van der Waals surface area contributed by atoms with E-state index in [4.69, 9.17) is 0 Å². The van der Waals surface area contributed by atoms with Gasteiger partial charge in [-0.05, 0) is 23.1 Å². The van der Waals surface area contributed by atoms with E-state index >= 15 is 0 Å². The maximum Gasteiger partial charge on any atom is 0.167 e. The number of rotatable bonds is 1. The van der Waals surface area contributed by atoms with Gasteiger partial charge >= 0.3 is 0 Å². The number of thiazole rings is 1. The number of nitrogens with one attached hydrogen (secondary N) is 1. The molecule has 1 N–H and O–H groups in total. The van der Waals surface area contributed by atoms with E-state index < -0.39 is 0 Å². The molecule has 3 aromatic rings. The van der Waals surface area contributed by atoms with Gasteiger partial charge in [-0.3, -0.25) is 0 Å². The lowest BCUT2D eigenvalue weighted by atomic mass is 9.87. The van der Waals surface area contributed by atoms with Crippen LogP contribution in [0.4, 0.5) is 0 Å². The van der Waals surface area contributed by atoms with Crippen molar-refractivity contribution in [3.8, 4) is 10.8 Å². The molecule has 18 heavy (non-hydrogen) atoms. The van der Waals surface area contributed by atoms with Crippen LogP contribution in [0, 0.1) is 0 Å². The second kappa shape index (κ2) is 3.92. The van der Waals surface area contributed by atoms with E-state index in [-0.39, 0.29) is 5.41 Å². The van der Waals surface area contributed by atoms with E-state index in [0.29, 0.717) is 0 Å². The Kier molecular flexibility index (Phi) is 2.48. The molecule has 1 aromatic carbocycles. The molecule has 2 heterocycles. The third-order valence-corrected chi connectivity index (χ3v) is 3.76. The third kappa shape index (κ3) is 1.93. The predicted molar refractivity (Wildman–Crippen MR) is 75.9 cm³/mol. The first kappa shape index (κ1) is 11.4. The first-order valence-electron chi connectivity index (χ1n) is 5.94. The largest absolute Gasteiger partial charge is 0.336 e. The first-order valence-corrected chi connectivity index (χ1v) is 6.82. The number of hydrogen-bond acceptors (Lipinski definition) is 3. The van der Waals surface area contributed by atoms with Crippen LogP contribution < -0.4 is 0 Å². The van der Waals surface area contributed by atoms with Gasteiger partial charge in [0.1, 0.15) is 0 Å². The summed E-state index contributed by atoms with van der Waals surface area (Å²) in [5.74, 6) is 0.853. The van der Waals surface area contributed by atoms with E-state index in [2.05, 4.69) is 53.9 Å². The topological polar surface area (TPSA) is 41.6 Å². The molecule has 0 saturated carbocycles. The molecule has 3 rings (SSSR count). The molecule has 92 valence electrons. The highest BCUT2D eigenvalue weighted by Gasteiger charge is 2.15. The number of aromatic amines is 1. The smallest absolute Gasteiger partial charge is 0.167 e. The van der Waals surface area contributed by atoms with Crippen LogP contribution in [0.3, 0.4) is 0 Å². The summed E-state index contributed by atoms with van der Waals surface area (Å²) in [7, 11) is 0. The summed E-state index contributed by atoms with van der Waals surface area (Å²) in [6.45, 7) is 6.64. The van der Waals surface area contributed by atoms with Crippen LogP contribution in [0.1, 0.15) is 26.3 Å². The van der Waals surface area contributed by atoms with E-state index in [1.54, 1.807) is 17.5 Å². The molecule has 0 unspecified atom stereocenters. The summed E-state index contributed by atoms with van der Waals surface area (Å²) in [5, 5.41) is 2.90. The predicted octanol–water partition coefficient (Wildman–Crippen LogP) is 3.98. The van der Waals surface area contributed by atoms with E-state index in [9.17, 15) is 0 Å². The number of imidazole rings is 1. The van der Waals surface area contributed by atoms with Gasteiger partial charge in [-0.2, -0.15) is 0 Å². The van der Waals surface area contributed by atoms with Gasteiger partial charge in [0.25, 0.3) is 0 Å². The van der Waals surface area contributed by atoms with Crippen molar-refractivity contribution >= 4 is 22.4 Å². The van der Waals surface area contributed by atoms with Crippen molar-refractivity contribution < 1.29 is 0 Å². The Labute approximate surface area is 110 Å². The zero-order chi connectivity index (χ0) is 12.8. The molecule has 4 heteroatoms. The van der Waals surface area contributed by atoms with Crippen LogP contribution in [0.25, 0.3) is 21.9 Å². The van der Waals surface area contributed by atoms with Crippen molar-refractivity contribution in [1.29, 1.82) is 0 Å². The van der Waals surface area contributed by atoms with Crippen LogP contribution in [0.2, 0.25) is 0 Å². The van der Waals surface area contributed by atoms with Gasteiger partial charge in [0.2, 0.25) is 0 Å². The van der Waals surface area contributed by atoms with E-state index in [0.717, 1.165) is 21.9 Å². The lowest BCUT2D eigenvalue weighted by molar-refractivity contribution is 0.591. The maximum absolute atomic E-state index is 4.57. The summed E-state index contributed by atoms with van der Waals surface area (Å²) in [4.78, 5) is 12.2. The molecule has 0 atom stereocenters. The summed E-state index contributed by atoms with van der Waals surface area (Å²) in [6.07, 6.45) is 1.80. The van der Waals surface area contributed by atoms with Gasteiger partial charge in [-0.15, -0.1) is 11.3 Å². The van der Waals surface area contributed by atoms with Gasteiger partial charge < -0.3 is 4.98 Å². The van der Waals surface area contributed by atoms with Crippen LogP contribution >= 0.6 is 11.3 Å². The van der Waals surface area contributed by atoms with Crippen molar-refractivity contribution in [2.75, 3.05) is 0 Å². The number of fused-ring (bicyclic) bond motifs is 1. The molecule has 0 radical (unpaired) electrons. The number of aromatic nitrogens is 3. The molecular formula is C14H15N3S. The standard InChI is InChI=1S/C14H15N3S/c1-14(2,3)9-4-5-10-11(8-9)17-12(16-10)13-15-6-7-18-13/h4-8H,1-3H3,(H,16,17). The van der Waals surface area contributed by atoms with Crippen molar-refractivity contribution in [1.82, 2.24) is 15.0 Å². The molecular weight excluding hydrogens is 242 g/mol. The quantitative estimate of drug-likeness (QED) is 0.716. The monoisotopic (exact) mass is 257 g/mol. The molecule has 0 saturated heterocycles. The van der Waals surface area contributed by atoms with E-state index in [1.807, 2.05) is 5.38 Å². The summed E-state index contributed by atoms with van der Waals surface area (Å²) >= 11 is 1.60. The number of H-pyrrole nitrogens is 1. The molecule has 0 aliphatic heterocycles. The SMILES string of the molecule is CC(C)(C)c1ccc2nc(-c3nccs3)[nH]c2c1. The van der Waals surface area contributed by atoms with Gasteiger partial charge in [-0.25, -0.2) is 9.97 Å². The van der Waals surface area contributed by atoms with E-state index in [1.165, 1.54) is 5.56 Å². The molecule has 0 aliphatic rings. The average molecular weight is 257 g/mol. The fourth-order valence-electron chi connectivity index (χ4n) is 1.92. The Bertz CT molecular complexity index is 675. The highest BCUT2D eigenvalue weighted by atomic mass is 32.1. The fourth-order valence-corrected chi connectivity index (χ4v) is 2.50. The van der Waals surface area contributed by atoms with Crippen LogP contribution in [0.15, 0.2) is 29.8 Å².